The lowest BCUT2D eigenvalue weighted by atomic mass is 10.1. The van der Waals surface area contributed by atoms with E-state index in [4.69, 9.17) is 12.2 Å². The molecule has 84 valence electrons. The second-order valence-electron chi connectivity index (χ2n) is 3.72. The van der Waals surface area contributed by atoms with E-state index in [9.17, 15) is 5.11 Å². The van der Waals surface area contributed by atoms with Crippen molar-refractivity contribution in [1.82, 2.24) is 9.97 Å². The topological polar surface area (TPSA) is 64.2 Å². The third-order valence-corrected chi connectivity index (χ3v) is 2.80. The van der Waals surface area contributed by atoms with Crippen molar-refractivity contribution in [3.05, 3.63) is 40.3 Å². The standard InChI is InChI=1S/C12H9N3OS/c16-11-10(14-12(17)15-11)5-7-6-13-9-4-2-1-3-8(7)9/h1-6,16H,(H2,14,15,17)/b7-5-. The second-order valence-corrected chi connectivity index (χ2v) is 4.12. The van der Waals surface area contributed by atoms with Crippen LogP contribution >= 0.6 is 12.2 Å². The Morgan fingerprint density at radius 2 is 2.06 bits per heavy atom. The molecule has 0 fully saturated rings. The number of nitrogens with one attached hydrogen (secondary N) is 2. The molecule has 2 heterocycles. The van der Waals surface area contributed by atoms with Crippen molar-refractivity contribution >= 4 is 35.8 Å². The average molecular weight is 243 g/mol. The molecule has 17 heavy (non-hydrogen) atoms. The maximum Gasteiger partial charge on any atom is 0.215 e. The number of H-pyrrole nitrogens is 2. The molecule has 0 bridgehead atoms. The van der Waals surface area contributed by atoms with Gasteiger partial charge in [0.1, 0.15) is 5.69 Å². The molecule has 3 N–H and O–H groups in total. The number of para-hydroxylation sites is 1. The lowest BCUT2D eigenvalue weighted by Crippen LogP contribution is -1.81. The zero-order valence-corrected chi connectivity index (χ0v) is 9.58. The number of aromatic hydroxyl groups is 1. The van der Waals surface area contributed by atoms with Gasteiger partial charge in [-0.25, -0.2) is 0 Å². The van der Waals surface area contributed by atoms with Crippen LogP contribution in [0.25, 0.3) is 11.6 Å². The Balaban J connectivity index is 2.11. The highest BCUT2D eigenvalue weighted by molar-refractivity contribution is 7.71. The fraction of sp³-hybridized carbons (Fsp3) is 0. The van der Waals surface area contributed by atoms with E-state index < -0.39 is 0 Å². The molecule has 0 spiro atoms. The van der Waals surface area contributed by atoms with E-state index in [2.05, 4.69) is 15.0 Å². The van der Waals surface area contributed by atoms with Gasteiger partial charge in [-0.05, 0) is 24.4 Å². The molecule has 1 aliphatic rings. The summed E-state index contributed by atoms with van der Waals surface area (Å²) < 4.78 is 0.401. The summed E-state index contributed by atoms with van der Waals surface area (Å²) in [4.78, 5) is 9.79. The van der Waals surface area contributed by atoms with Gasteiger partial charge < -0.3 is 15.1 Å². The second kappa shape index (κ2) is 3.71. The number of aromatic nitrogens is 2. The summed E-state index contributed by atoms with van der Waals surface area (Å²) >= 11 is 4.91. The van der Waals surface area contributed by atoms with E-state index in [1.54, 1.807) is 6.21 Å². The van der Waals surface area contributed by atoms with Crippen LogP contribution in [-0.2, 0) is 0 Å². The van der Waals surface area contributed by atoms with E-state index in [-0.39, 0.29) is 5.88 Å². The zero-order valence-electron chi connectivity index (χ0n) is 8.77. The maximum atomic E-state index is 9.60. The summed E-state index contributed by atoms with van der Waals surface area (Å²) in [5.74, 6) is 0.0419. The van der Waals surface area contributed by atoms with Crippen LogP contribution in [0.3, 0.4) is 0 Å². The molecule has 1 aromatic heterocycles. The van der Waals surface area contributed by atoms with Crippen molar-refractivity contribution in [2.45, 2.75) is 0 Å². The van der Waals surface area contributed by atoms with Crippen LogP contribution in [0.4, 0.5) is 5.69 Å². The van der Waals surface area contributed by atoms with E-state index >= 15 is 0 Å². The van der Waals surface area contributed by atoms with E-state index in [1.807, 2.05) is 30.3 Å². The van der Waals surface area contributed by atoms with E-state index in [0.29, 0.717) is 10.5 Å². The summed E-state index contributed by atoms with van der Waals surface area (Å²) in [6, 6.07) is 7.85. The molecule has 0 aliphatic carbocycles. The fourth-order valence-corrected chi connectivity index (χ4v) is 2.01. The average Bonchev–Trinajstić information content (AvgIpc) is 2.85. The monoisotopic (exact) mass is 243 g/mol. The van der Waals surface area contributed by atoms with E-state index in [1.165, 1.54) is 0 Å². The Labute approximate surface area is 102 Å². The minimum atomic E-state index is 0.0419. The number of rotatable bonds is 1. The Bertz CT molecular complexity index is 694. The Morgan fingerprint density at radius 1 is 1.24 bits per heavy atom. The van der Waals surface area contributed by atoms with Crippen molar-refractivity contribution in [2.75, 3.05) is 0 Å². The molecule has 0 radical (unpaired) electrons. The molecule has 1 aromatic carbocycles. The summed E-state index contributed by atoms with van der Waals surface area (Å²) in [6.07, 6.45) is 3.59. The van der Waals surface area contributed by atoms with Crippen molar-refractivity contribution in [2.24, 2.45) is 4.99 Å². The number of benzene rings is 1. The normalized spacial score (nSPS) is 15.4. The van der Waals surface area contributed by atoms with Crippen molar-refractivity contribution < 1.29 is 5.11 Å². The highest BCUT2D eigenvalue weighted by atomic mass is 32.1. The molecule has 0 amide bonds. The molecule has 4 nitrogen and oxygen atoms in total. The first-order chi connectivity index (χ1) is 8.24. The van der Waals surface area contributed by atoms with E-state index in [0.717, 1.165) is 16.8 Å². The number of nitrogens with zero attached hydrogens (tertiary/aromatic N) is 1. The first kappa shape index (κ1) is 10.0. The van der Waals surface area contributed by atoms with Gasteiger partial charge in [0.25, 0.3) is 0 Å². The Hall–Kier alpha value is -2.14. The van der Waals surface area contributed by atoms with Gasteiger partial charge in [-0.2, -0.15) is 0 Å². The molecule has 0 unspecified atom stereocenters. The predicted octanol–water partition coefficient (Wildman–Crippen LogP) is 3.03. The molecule has 3 rings (SSSR count). The summed E-state index contributed by atoms with van der Waals surface area (Å²) in [5.41, 5.74) is 3.49. The van der Waals surface area contributed by atoms with Crippen LogP contribution in [-0.4, -0.2) is 21.3 Å². The number of imidazole rings is 1. The number of fused-ring (bicyclic) bond motifs is 1. The largest absolute Gasteiger partial charge is 0.493 e. The lowest BCUT2D eigenvalue weighted by molar-refractivity contribution is 0.455. The van der Waals surface area contributed by atoms with Gasteiger partial charge in [-0.1, -0.05) is 18.2 Å². The first-order valence-corrected chi connectivity index (χ1v) is 5.51. The molecule has 0 saturated carbocycles. The van der Waals surface area contributed by atoms with Crippen molar-refractivity contribution in [1.29, 1.82) is 0 Å². The molecule has 1 aliphatic heterocycles. The molecule has 0 atom stereocenters. The van der Waals surface area contributed by atoms with Crippen LogP contribution in [0, 0.1) is 4.77 Å². The molecule has 2 aromatic rings. The molecule has 0 saturated heterocycles. The quantitative estimate of drug-likeness (QED) is 0.674. The zero-order chi connectivity index (χ0) is 11.8. The SMILES string of the molecule is Oc1[nH]c(=S)[nH]c1/C=C1/C=Nc2ccccc21. The maximum absolute atomic E-state index is 9.60. The highest BCUT2D eigenvalue weighted by Gasteiger charge is 2.12. The van der Waals surface area contributed by atoms with Gasteiger partial charge in [-0.3, -0.25) is 4.99 Å². The van der Waals surface area contributed by atoms with Gasteiger partial charge in [0.2, 0.25) is 5.88 Å². The molecular formula is C12H9N3OS. The Morgan fingerprint density at radius 3 is 2.82 bits per heavy atom. The van der Waals surface area contributed by atoms with Gasteiger partial charge in [-0.15, -0.1) is 0 Å². The van der Waals surface area contributed by atoms with Crippen molar-refractivity contribution in [3.63, 3.8) is 0 Å². The minimum Gasteiger partial charge on any atom is -0.493 e. The van der Waals surface area contributed by atoms with Crippen LogP contribution in [0.2, 0.25) is 0 Å². The first-order valence-electron chi connectivity index (χ1n) is 5.10. The third kappa shape index (κ3) is 1.70. The third-order valence-electron chi connectivity index (χ3n) is 2.59. The van der Waals surface area contributed by atoms with Crippen LogP contribution < -0.4 is 0 Å². The summed E-state index contributed by atoms with van der Waals surface area (Å²) in [6.45, 7) is 0. The van der Waals surface area contributed by atoms with Gasteiger partial charge in [0.05, 0.1) is 5.69 Å². The number of hydrogen-bond acceptors (Lipinski definition) is 3. The summed E-state index contributed by atoms with van der Waals surface area (Å²) in [5, 5.41) is 9.60. The predicted molar refractivity (Wildman–Crippen MR) is 70.1 cm³/mol. The van der Waals surface area contributed by atoms with Gasteiger partial charge in [0, 0.05) is 17.4 Å². The van der Waals surface area contributed by atoms with Gasteiger partial charge >= 0.3 is 0 Å². The Kier molecular flexibility index (Phi) is 2.19. The molecule has 5 heteroatoms. The minimum absolute atomic E-state index is 0.0419. The number of allylic oxidation sites excluding steroid dienone is 1. The smallest absolute Gasteiger partial charge is 0.215 e. The van der Waals surface area contributed by atoms with Crippen molar-refractivity contribution in [3.8, 4) is 5.88 Å². The number of aromatic amines is 2. The lowest BCUT2D eigenvalue weighted by Gasteiger charge is -1.97. The van der Waals surface area contributed by atoms with Crippen LogP contribution in [0.5, 0.6) is 5.88 Å². The molecular weight excluding hydrogens is 234 g/mol. The van der Waals surface area contributed by atoms with Crippen LogP contribution in [0.1, 0.15) is 11.3 Å². The highest BCUT2D eigenvalue weighted by Crippen LogP contribution is 2.32. The van der Waals surface area contributed by atoms with Crippen LogP contribution in [0.15, 0.2) is 29.3 Å². The van der Waals surface area contributed by atoms with Gasteiger partial charge in [0.15, 0.2) is 4.77 Å². The number of aliphatic imine (C=N–C) groups is 1. The number of hydrogen-bond donors (Lipinski definition) is 3. The fourth-order valence-electron chi connectivity index (χ4n) is 1.80. The summed E-state index contributed by atoms with van der Waals surface area (Å²) in [7, 11) is 0.